The fraction of sp³-hybridized carbons (Fsp3) is 0.583. The maximum absolute atomic E-state index is 9.75. The van der Waals surface area contributed by atoms with Crippen LogP contribution in [-0.4, -0.2) is 29.3 Å². The number of nitrogens with two attached hydrogens (primary N) is 1. The van der Waals surface area contributed by atoms with Crippen LogP contribution in [0.5, 0.6) is 0 Å². The van der Waals surface area contributed by atoms with Crippen molar-refractivity contribution in [2.45, 2.75) is 32.9 Å². The molecule has 0 bridgehead atoms. The van der Waals surface area contributed by atoms with E-state index in [2.05, 4.69) is 4.98 Å². The van der Waals surface area contributed by atoms with Gasteiger partial charge in [-0.3, -0.25) is 0 Å². The third kappa shape index (κ3) is 3.47. The minimum Gasteiger partial charge on any atom is -0.389 e. The van der Waals surface area contributed by atoms with Crippen molar-refractivity contribution in [2.75, 3.05) is 18.5 Å². The molecule has 0 amide bonds. The first-order valence-corrected chi connectivity index (χ1v) is 5.42. The van der Waals surface area contributed by atoms with Gasteiger partial charge >= 0.3 is 0 Å². The second-order valence-electron chi connectivity index (χ2n) is 4.86. The van der Waals surface area contributed by atoms with Gasteiger partial charge in [0.25, 0.3) is 0 Å². The van der Waals surface area contributed by atoms with E-state index in [4.69, 9.17) is 5.73 Å². The molecule has 0 aliphatic heterocycles. The first kappa shape index (κ1) is 12.9. The lowest BCUT2D eigenvalue weighted by atomic mass is 10.1. The average Bonchev–Trinajstić information content (AvgIpc) is 2.14. The van der Waals surface area contributed by atoms with Crippen molar-refractivity contribution in [3.8, 4) is 0 Å². The highest BCUT2D eigenvalue weighted by molar-refractivity contribution is 5.46. The summed E-state index contributed by atoms with van der Waals surface area (Å²) in [4.78, 5) is 6.32. The molecule has 1 aromatic rings. The van der Waals surface area contributed by atoms with Crippen molar-refractivity contribution in [1.29, 1.82) is 0 Å². The van der Waals surface area contributed by atoms with Gasteiger partial charge in [0.2, 0.25) is 0 Å². The maximum Gasteiger partial charge on any atom is 0.131 e. The fourth-order valence-corrected chi connectivity index (χ4v) is 1.79. The SMILES string of the molecule is Cc1cc(CN)cnc1N(C)CC(C)(C)O. The van der Waals surface area contributed by atoms with Crippen molar-refractivity contribution in [3.05, 3.63) is 23.4 Å². The summed E-state index contributed by atoms with van der Waals surface area (Å²) in [5.41, 5.74) is 6.93. The molecule has 16 heavy (non-hydrogen) atoms. The number of nitrogens with zero attached hydrogens (tertiary/aromatic N) is 2. The van der Waals surface area contributed by atoms with Crippen molar-refractivity contribution >= 4 is 5.82 Å². The summed E-state index contributed by atoms with van der Waals surface area (Å²) in [6.07, 6.45) is 1.78. The van der Waals surface area contributed by atoms with Crippen LogP contribution in [0.1, 0.15) is 25.0 Å². The van der Waals surface area contributed by atoms with Gasteiger partial charge in [0.1, 0.15) is 5.82 Å². The predicted molar refractivity (Wildman–Crippen MR) is 66.4 cm³/mol. The molecule has 3 N–H and O–H groups in total. The number of rotatable bonds is 4. The van der Waals surface area contributed by atoms with E-state index in [0.29, 0.717) is 13.1 Å². The Bertz CT molecular complexity index is 358. The van der Waals surface area contributed by atoms with Crippen LogP contribution in [0.15, 0.2) is 12.3 Å². The highest BCUT2D eigenvalue weighted by atomic mass is 16.3. The quantitative estimate of drug-likeness (QED) is 0.801. The van der Waals surface area contributed by atoms with Gasteiger partial charge in [-0.15, -0.1) is 0 Å². The zero-order valence-electron chi connectivity index (χ0n) is 10.5. The molecule has 90 valence electrons. The van der Waals surface area contributed by atoms with E-state index in [1.165, 1.54) is 0 Å². The molecule has 1 heterocycles. The maximum atomic E-state index is 9.75. The molecule has 0 radical (unpaired) electrons. The predicted octanol–water partition coefficient (Wildman–Crippen LogP) is 1.06. The molecule has 4 nitrogen and oxygen atoms in total. The minimum atomic E-state index is -0.727. The first-order valence-electron chi connectivity index (χ1n) is 5.42. The lowest BCUT2D eigenvalue weighted by molar-refractivity contribution is 0.0884. The van der Waals surface area contributed by atoms with Crippen LogP contribution in [0.25, 0.3) is 0 Å². The number of aromatic nitrogens is 1. The molecule has 0 spiro atoms. The van der Waals surface area contributed by atoms with Gasteiger partial charge in [0.05, 0.1) is 5.60 Å². The van der Waals surface area contributed by atoms with E-state index in [-0.39, 0.29) is 0 Å². The van der Waals surface area contributed by atoms with E-state index in [0.717, 1.165) is 16.9 Å². The number of anilines is 1. The Hall–Kier alpha value is -1.13. The molecule has 0 unspecified atom stereocenters. The number of likely N-dealkylation sites (N-methyl/N-ethyl adjacent to an activating group) is 1. The van der Waals surface area contributed by atoms with E-state index >= 15 is 0 Å². The number of hydrogen-bond donors (Lipinski definition) is 2. The molecular weight excluding hydrogens is 202 g/mol. The lowest BCUT2D eigenvalue weighted by Crippen LogP contribution is -2.37. The minimum absolute atomic E-state index is 0.503. The molecule has 1 rings (SSSR count). The molecule has 4 heteroatoms. The number of hydrogen-bond acceptors (Lipinski definition) is 4. The Balaban J connectivity index is 2.88. The summed E-state index contributed by atoms with van der Waals surface area (Å²) in [6, 6.07) is 2.03. The molecule has 1 aromatic heterocycles. The largest absolute Gasteiger partial charge is 0.389 e. The van der Waals surface area contributed by atoms with Crippen LogP contribution < -0.4 is 10.6 Å². The van der Waals surface area contributed by atoms with Crippen LogP contribution in [0.4, 0.5) is 5.82 Å². The number of aliphatic hydroxyl groups is 1. The van der Waals surface area contributed by atoms with Crippen LogP contribution in [0.2, 0.25) is 0 Å². The van der Waals surface area contributed by atoms with Crippen molar-refractivity contribution in [3.63, 3.8) is 0 Å². The second-order valence-corrected chi connectivity index (χ2v) is 4.86. The van der Waals surface area contributed by atoms with Gasteiger partial charge < -0.3 is 15.7 Å². The smallest absolute Gasteiger partial charge is 0.131 e. The van der Waals surface area contributed by atoms with Gasteiger partial charge in [-0.2, -0.15) is 0 Å². The number of aryl methyl sites for hydroxylation is 1. The fourth-order valence-electron chi connectivity index (χ4n) is 1.79. The Labute approximate surface area is 97.1 Å². The van der Waals surface area contributed by atoms with E-state index in [1.54, 1.807) is 20.0 Å². The first-order chi connectivity index (χ1) is 7.33. The second kappa shape index (κ2) is 4.80. The summed E-state index contributed by atoms with van der Waals surface area (Å²) in [7, 11) is 1.93. The van der Waals surface area contributed by atoms with Crippen molar-refractivity contribution in [2.24, 2.45) is 5.73 Å². The molecule has 0 saturated carbocycles. The van der Waals surface area contributed by atoms with E-state index < -0.39 is 5.60 Å². The van der Waals surface area contributed by atoms with Gasteiger partial charge in [0, 0.05) is 26.3 Å². The molecule has 0 atom stereocenters. The summed E-state index contributed by atoms with van der Waals surface area (Å²) < 4.78 is 0. The molecule has 0 fully saturated rings. The normalized spacial score (nSPS) is 11.6. The molecule has 0 aromatic carbocycles. The molecular formula is C12H21N3O. The number of pyridine rings is 1. The van der Waals surface area contributed by atoms with E-state index in [9.17, 15) is 5.11 Å². The van der Waals surface area contributed by atoms with Crippen LogP contribution in [0, 0.1) is 6.92 Å². The Kier molecular flexibility index (Phi) is 3.88. The molecule has 0 aliphatic carbocycles. The summed E-state index contributed by atoms with van der Waals surface area (Å²) in [5.74, 6) is 0.888. The van der Waals surface area contributed by atoms with Gasteiger partial charge in [-0.05, 0) is 38.0 Å². The van der Waals surface area contributed by atoms with Crippen LogP contribution in [-0.2, 0) is 6.54 Å². The zero-order valence-corrected chi connectivity index (χ0v) is 10.5. The summed E-state index contributed by atoms with van der Waals surface area (Å²) in [5, 5.41) is 9.75. The summed E-state index contributed by atoms with van der Waals surface area (Å²) in [6.45, 7) is 6.62. The van der Waals surface area contributed by atoms with Gasteiger partial charge in [-0.1, -0.05) is 0 Å². The standard InChI is InChI=1S/C12H21N3O/c1-9-5-10(6-13)7-14-11(9)15(4)8-12(2,3)16/h5,7,16H,6,8,13H2,1-4H3. The third-order valence-corrected chi connectivity index (χ3v) is 2.33. The Morgan fingerprint density at radius 3 is 2.56 bits per heavy atom. The average molecular weight is 223 g/mol. The Morgan fingerprint density at radius 2 is 2.12 bits per heavy atom. The highest BCUT2D eigenvalue weighted by Gasteiger charge is 2.17. The van der Waals surface area contributed by atoms with E-state index in [1.807, 2.05) is 24.9 Å². The van der Waals surface area contributed by atoms with Crippen molar-refractivity contribution < 1.29 is 5.11 Å². The van der Waals surface area contributed by atoms with Crippen molar-refractivity contribution in [1.82, 2.24) is 4.98 Å². The Morgan fingerprint density at radius 1 is 1.50 bits per heavy atom. The van der Waals surface area contributed by atoms with Crippen LogP contribution in [0.3, 0.4) is 0 Å². The molecule has 0 aliphatic rings. The zero-order chi connectivity index (χ0) is 12.3. The van der Waals surface area contributed by atoms with Gasteiger partial charge in [0.15, 0.2) is 0 Å². The topological polar surface area (TPSA) is 62.4 Å². The van der Waals surface area contributed by atoms with Crippen LogP contribution >= 0.6 is 0 Å². The summed E-state index contributed by atoms with van der Waals surface area (Å²) >= 11 is 0. The highest BCUT2D eigenvalue weighted by Crippen LogP contribution is 2.18. The third-order valence-electron chi connectivity index (χ3n) is 2.33. The molecule has 0 saturated heterocycles. The monoisotopic (exact) mass is 223 g/mol. The lowest BCUT2D eigenvalue weighted by Gasteiger charge is -2.27. The van der Waals surface area contributed by atoms with Gasteiger partial charge in [-0.25, -0.2) is 4.98 Å².